The molecule has 3 atom stereocenters. The van der Waals surface area contributed by atoms with Crippen molar-refractivity contribution in [3.05, 3.63) is 0 Å². The number of hydrogen-bond acceptors (Lipinski definition) is 7. The van der Waals surface area contributed by atoms with Crippen molar-refractivity contribution in [1.29, 1.82) is 0 Å². The van der Waals surface area contributed by atoms with E-state index in [1.54, 1.807) is 13.8 Å². The van der Waals surface area contributed by atoms with Gasteiger partial charge in [-0.1, -0.05) is 19.8 Å². The van der Waals surface area contributed by atoms with Gasteiger partial charge in [-0.25, -0.2) is 0 Å². The molecular formula is C16H26O7. The Hall–Kier alpha value is -1.02. The highest BCUT2D eigenvalue weighted by Gasteiger charge is 2.62. The molecule has 23 heavy (non-hydrogen) atoms. The second-order valence-electron chi connectivity index (χ2n) is 6.56. The number of unbranched alkanes of at least 4 members (excludes halogenated alkanes) is 2. The van der Waals surface area contributed by atoms with E-state index in [9.17, 15) is 14.7 Å². The Morgan fingerprint density at radius 3 is 2.74 bits per heavy atom. The molecule has 132 valence electrons. The second-order valence-corrected chi connectivity index (χ2v) is 6.56. The highest BCUT2D eigenvalue weighted by molar-refractivity contribution is 5.95. The molecule has 0 unspecified atom stereocenters. The van der Waals surface area contributed by atoms with Crippen LogP contribution >= 0.6 is 0 Å². The molecule has 0 radical (unpaired) electrons. The maximum absolute atomic E-state index is 11.8. The van der Waals surface area contributed by atoms with E-state index in [4.69, 9.17) is 18.9 Å². The minimum atomic E-state index is -1.30. The highest BCUT2D eigenvalue weighted by Crippen LogP contribution is 2.43. The van der Waals surface area contributed by atoms with Crippen LogP contribution in [0.25, 0.3) is 0 Å². The average Bonchev–Trinajstić information content (AvgIpc) is 2.89. The van der Waals surface area contributed by atoms with E-state index in [0.717, 1.165) is 19.3 Å². The van der Waals surface area contributed by atoms with Crippen molar-refractivity contribution in [2.75, 3.05) is 13.2 Å². The fourth-order valence-corrected chi connectivity index (χ4v) is 2.90. The summed E-state index contributed by atoms with van der Waals surface area (Å²) in [6.45, 7) is 5.29. The summed E-state index contributed by atoms with van der Waals surface area (Å²) >= 11 is 0. The lowest BCUT2D eigenvalue weighted by Gasteiger charge is -2.26. The summed E-state index contributed by atoms with van der Waals surface area (Å²) in [6.07, 6.45) is 1.35. The van der Waals surface area contributed by atoms with Crippen molar-refractivity contribution in [2.24, 2.45) is 0 Å². The number of aliphatic hydroxyl groups is 1. The van der Waals surface area contributed by atoms with Gasteiger partial charge in [0, 0.05) is 6.42 Å². The number of hydrogen-bond donors (Lipinski definition) is 1. The molecule has 0 spiro atoms. The van der Waals surface area contributed by atoms with Crippen LogP contribution in [0.4, 0.5) is 0 Å². The number of fused-ring (bicyclic) bond motifs is 1. The first-order chi connectivity index (χ1) is 10.8. The van der Waals surface area contributed by atoms with Crippen LogP contribution in [-0.4, -0.2) is 53.9 Å². The van der Waals surface area contributed by atoms with Gasteiger partial charge in [-0.15, -0.1) is 0 Å². The normalized spacial score (nSPS) is 31.8. The van der Waals surface area contributed by atoms with Crippen LogP contribution in [0.15, 0.2) is 0 Å². The van der Waals surface area contributed by atoms with E-state index in [-0.39, 0.29) is 25.4 Å². The molecule has 0 amide bonds. The van der Waals surface area contributed by atoms with Gasteiger partial charge < -0.3 is 24.1 Å². The summed E-state index contributed by atoms with van der Waals surface area (Å²) in [7, 11) is 0. The maximum atomic E-state index is 11.8. The van der Waals surface area contributed by atoms with Crippen molar-refractivity contribution >= 4 is 11.8 Å². The fraction of sp³-hybridized carbons (Fsp3) is 0.875. The fourth-order valence-electron chi connectivity index (χ4n) is 2.90. The summed E-state index contributed by atoms with van der Waals surface area (Å²) in [5.41, 5.74) is 0. The monoisotopic (exact) mass is 330 g/mol. The molecule has 2 aliphatic rings. The second kappa shape index (κ2) is 7.25. The SMILES string of the molecule is CCCCCC(=O)CC(=O)OC[C@]12OC[C@H](O)[C@H]1OC(C)(C)O2. The largest absolute Gasteiger partial charge is 0.459 e. The molecule has 7 heteroatoms. The van der Waals surface area contributed by atoms with Crippen LogP contribution in [0.5, 0.6) is 0 Å². The number of esters is 1. The van der Waals surface area contributed by atoms with Crippen LogP contribution in [0.2, 0.25) is 0 Å². The standard InChI is InChI=1S/C16H26O7/c1-4-5-6-7-11(17)8-13(19)20-10-16-14(12(18)9-21-16)22-15(2,3)23-16/h12,14,18H,4-10H2,1-3H3/t12-,14+,16+/m0/s1. The summed E-state index contributed by atoms with van der Waals surface area (Å²) in [6, 6.07) is 0. The number of rotatable bonds is 8. The molecule has 0 aromatic rings. The van der Waals surface area contributed by atoms with Gasteiger partial charge in [0.1, 0.15) is 31.0 Å². The van der Waals surface area contributed by atoms with Crippen LogP contribution in [0.1, 0.15) is 52.9 Å². The van der Waals surface area contributed by atoms with Gasteiger partial charge in [-0.3, -0.25) is 9.59 Å². The quantitative estimate of drug-likeness (QED) is 0.407. The number of Topliss-reactive ketones (excluding diaryl/α,β-unsaturated/α-hetero) is 1. The molecule has 0 bridgehead atoms. The Morgan fingerprint density at radius 2 is 2.04 bits per heavy atom. The number of carbonyl (C=O) groups is 2. The van der Waals surface area contributed by atoms with Crippen molar-refractivity contribution in [3.8, 4) is 0 Å². The molecular weight excluding hydrogens is 304 g/mol. The third-order valence-corrected chi connectivity index (χ3v) is 3.95. The van der Waals surface area contributed by atoms with Crippen LogP contribution in [-0.2, 0) is 28.5 Å². The third kappa shape index (κ3) is 4.50. The number of ether oxygens (including phenoxy) is 4. The van der Waals surface area contributed by atoms with Gasteiger partial charge in [-0.2, -0.15) is 0 Å². The molecule has 0 aromatic heterocycles. The zero-order valence-electron chi connectivity index (χ0n) is 14.0. The molecule has 2 fully saturated rings. The Bertz CT molecular complexity index is 448. The summed E-state index contributed by atoms with van der Waals surface area (Å²) in [4.78, 5) is 23.5. The molecule has 0 aromatic carbocycles. The molecule has 2 aliphatic heterocycles. The first-order valence-corrected chi connectivity index (χ1v) is 8.15. The van der Waals surface area contributed by atoms with Crippen LogP contribution in [0.3, 0.4) is 0 Å². The minimum Gasteiger partial charge on any atom is -0.459 e. The topological polar surface area (TPSA) is 91.3 Å². The van der Waals surface area contributed by atoms with Crippen molar-refractivity contribution in [3.63, 3.8) is 0 Å². The van der Waals surface area contributed by atoms with Gasteiger partial charge in [0.2, 0.25) is 5.79 Å². The van der Waals surface area contributed by atoms with Gasteiger partial charge in [0.05, 0.1) is 6.61 Å². The van der Waals surface area contributed by atoms with Crippen LogP contribution < -0.4 is 0 Å². The lowest BCUT2D eigenvalue weighted by molar-refractivity contribution is -0.262. The Morgan fingerprint density at radius 1 is 1.30 bits per heavy atom. The van der Waals surface area contributed by atoms with E-state index < -0.39 is 29.8 Å². The third-order valence-electron chi connectivity index (χ3n) is 3.95. The minimum absolute atomic E-state index is 0.0498. The lowest BCUT2D eigenvalue weighted by Crippen LogP contribution is -2.45. The molecule has 7 nitrogen and oxygen atoms in total. The van der Waals surface area contributed by atoms with Crippen molar-refractivity contribution < 1.29 is 33.6 Å². The van der Waals surface area contributed by atoms with Crippen molar-refractivity contribution in [2.45, 2.75) is 76.7 Å². The molecule has 1 N–H and O–H groups in total. The molecule has 2 rings (SSSR count). The highest BCUT2D eigenvalue weighted by atomic mass is 16.9. The Labute approximate surface area is 136 Å². The van der Waals surface area contributed by atoms with Gasteiger partial charge in [-0.05, 0) is 20.3 Å². The van der Waals surface area contributed by atoms with E-state index >= 15 is 0 Å². The zero-order chi connectivity index (χ0) is 17.1. The van der Waals surface area contributed by atoms with Crippen molar-refractivity contribution in [1.82, 2.24) is 0 Å². The Balaban J connectivity index is 1.82. The zero-order valence-corrected chi connectivity index (χ0v) is 14.0. The summed E-state index contributed by atoms with van der Waals surface area (Å²) in [5.74, 6) is -2.98. The predicted octanol–water partition coefficient (Wildman–Crippen LogP) is 1.31. The molecule has 0 saturated carbocycles. The lowest BCUT2D eigenvalue weighted by atomic mass is 10.1. The summed E-state index contributed by atoms with van der Waals surface area (Å²) < 4.78 is 21.9. The van der Waals surface area contributed by atoms with Gasteiger partial charge >= 0.3 is 5.97 Å². The van der Waals surface area contributed by atoms with E-state index in [1.807, 2.05) is 0 Å². The average molecular weight is 330 g/mol. The first kappa shape index (κ1) is 18.3. The molecule has 0 aliphatic carbocycles. The molecule has 2 saturated heterocycles. The van der Waals surface area contributed by atoms with Gasteiger partial charge in [0.15, 0.2) is 5.79 Å². The van der Waals surface area contributed by atoms with Gasteiger partial charge in [0.25, 0.3) is 0 Å². The van der Waals surface area contributed by atoms with E-state index in [1.165, 1.54) is 0 Å². The van der Waals surface area contributed by atoms with Crippen LogP contribution in [0, 0.1) is 0 Å². The first-order valence-electron chi connectivity index (χ1n) is 8.15. The number of aliphatic hydroxyl groups excluding tert-OH is 1. The maximum Gasteiger partial charge on any atom is 0.313 e. The summed E-state index contributed by atoms with van der Waals surface area (Å²) in [5, 5.41) is 9.90. The van der Waals surface area contributed by atoms with E-state index in [2.05, 4.69) is 6.92 Å². The predicted molar refractivity (Wildman–Crippen MR) is 79.5 cm³/mol. The smallest absolute Gasteiger partial charge is 0.313 e. The van der Waals surface area contributed by atoms with E-state index in [0.29, 0.717) is 6.42 Å². The number of carbonyl (C=O) groups excluding carboxylic acids is 2. The molecule has 2 heterocycles. The number of ketones is 1. The Kier molecular flexibility index (Phi) is 5.78.